The lowest BCUT2D eigenvalue weighted by molar-refractivity contribution is -0.238. The van der Waals surface area contributed by atoms with Gasteiger partial charge in [-0.05, 0) is 0 Å². The standard InChI is InChI=1S/C10H14N2O6/c1-10(2)17-7(14)6(8(15)18-10)5(13)3-4-12-9(11)16/h6H,3-4H2,1-2H3,(H3,11,12,16). The monoisotopic (exact) mass is 258 g/mol. The summed E-state index contributed by atoms with van der Waals surface area (Å²) in [6.07, 6.45) is -0.210. The van der Waals surface area contributed by atoms with Gasteiger partial charge in [-0.2, -0.15) is 0 Å². The van der Waals surface area contributed by atoms with Gasteiger partial charge >= 0.3 is 18.0 Å². The summed E-state index contributed by atoms with van der Waals surface area (Å²) in [4.78, 5) is 45.0. The number of urea groups is 1. The number of cyclic esters (lactones) is 2. The van der Waals surface area contributed by atoms with Crippen molar-refractivity contribution < 1.29 is 28.7 Å². The molecule has 1 heterocycles. The SMILES string of the molecule is CC1(C)OC(=O)C(C(=O)CCNC(N)=O)C(=O)O1. The molecule has 8 heteroatoms. The molecule has 2 amide bonds. The molecule has 0 bridgehead atoms. The van der Waals surface area contributed by atoms with Crippen LogP contribution in [0.15, 0.2) is 0 Å². The zero-order valence-corrected chi connectivity index (χ0v) is 10.0. The summed E-state index contributed by atoms with van der Waals surface area (Å²) in [7, 11) is 0. The Labute approximate surface area is 103 Å². The molecule has 0 aromatic carbocycles. The zero-order chi connectivity index (χ0) is 13.9. The van der Waals surface area contributed by atoms with Gasteiger partial charge in [0, 0.05) is 26.8 Å². The van der Waals surface area contributed by atoms with Gasteiger partial charge in [-0.3, -0.25) is 14.4 Å². The van der Waals surface area contributed by atoms with Crippen molar-refractivity contribution in [1.29, 1.82) is 0 Å². The molecule has 0 aromatic heterocycles. The van der Waals surface area contributed by atoms with Crippen molar-refractivity contribution in [1.82, 2.24) is 5.32 Å². The lowest BCUT2D eigenvalue weighted by Crippen LogP contribution is -2.49. The van der Waals surface area contributed by atoms with Crippen LogP contribution >= 0.6 is 0 Å². The fourth-order valence-electron chi connectivity index (χ4n) is 1.44. The molecule has 0 aromatic rings. The molecule has 18 heavy (non-hydrogen) atoms. The van der Waals surface area contributed by atoms with Crippen LogP contribution in [-0.2, 0) is 23.9 Å². The number of hydrogen-bond acceptors (Lipinski definition) is 6. The van der Waals surface area contributed by atoms with Crippen LogP contribution in [0.4, 0.5) is 4.79 Å². The molecular formula is C10H14N2O6. The van der Waals surface area contributed by atoms with Crippen molar-refractivity contribution >= 4 is 23.8 Å². The smallest absolute Gasteiger partial charge is 0.331 e. The van der Waals surface area contributed by atoms with Gasteiger partial charge in [0.05, 0.1) is 0 Å². The van der Waals surface area contributed by atoms with Crippen LogP contribution < -0.4 is 11.1 Å². The summed E-state index contributed by atoms with van der Waals surface area (Å²) < 4.78 is 9.58. The molecule has 1 fully saturated rings. The second-order valence-electron chi connectivity index (χ2n) is 4.18. The van der Waals surface area contributed by atoms with E-state index in [1.165, 1.54) is 13.8 Å². The van der Waals surface area contributed by atoms with E-state index in [0.717, 1.165) is 0 Å². The first-order valence-electron chi connectivity index (χ1n) is 5.24. The predicted octanol–water partition coefficient (Wildman–Crippen LogP) is -0.934. The van der Waals surface area contributed by atoms with Gasteiger partial charge in [0.2, 0.25) is 5.92 Å². The van der Waals surface area contributed by atoms with E-state index in [0.29, 0.717) is 0 Å². The summed E-state index contributed by atoms with van der Waals surface area (Å²) in [5, 5.41) is 2.18. The molecule has 1 saturated heterocycles. The van der Waals surface area contributed by atoms with Gasteiger partial charge in [0.15, 0.2) is 5.78 Å². The fraction of sp³-hybridized carbons (Fsp3) is 0.600. The molecular weight excluding hydrogens is 244 g/mol. The van der Waals surface area contributed by atoms with Gasteiger partial charge < -0.3 is 20.5 Å². The molecule has 8 nitrogen and oxygen atoms in total. The molecule has 0 aliphatic carbocycles. The van der Waals surface area contributed by atoms with Gasteiger partial charge in [-0.15, -0.1) is 0 Å². The Morgan fingerprint density at radius 1 is 1.28 bits per heavy atom. The average molecular weight is 258 g/mol. The topological polar surface area (TPSA) is 125 Å². The number of rotatable bonds is 4. The minimum absolute atomic E-state index is 0.0609. The third-order valence-electron chi connectivity index (χ3n) is 2.16. The molecule has 0 radical (unpaired) electrons. The van der Waals surface area contributed by atoms with Crippen molar-refractivity contribution in [2.24, 2.45) is 11.7 Å². The third kappa shape index (κ3) is 3.44. The van der Waals surface area contributed by atoms with Crippen molar-refractivity contribution in [3.63, 3.8) is 0 Å². The highest BCUT2D eigenvalue weighted by atomic mass is 16.7. The van der Waals surface area contributed by atoms with Crippen molar-refractivity contribution in [3.8, 4) is 0 Å². The van der Waals surface area contributed by atoms with E-state index >= 15 is 0 Å². The summed E-state index contributed by atoms with van der Waals surface area (Å²) in [6.45, 7) is 2.71. The number of carbonyl (C=O) groups is 4. The van der Waals surface area contributed by atoms with E-state index in [9.17, 15) is 19.2 Å². The van der Waals surface area contributed by atoms with Crippen molar-refractivity contribution in [2.45, 2.75) is 26.1 Å². The summed E-state index contributed by atoms with van der Waals surface area (Å²) >= 11 is 0. The Morgan fingerprint density at radius 3 is 2.22 bits per heavy atom. The first kappa shape index (κ1) is 13.9. The molecule has 0 unspecified atom stereocenters. The van der Waals surface area contributed by atoms with E-state index in [-0.39, 0.29) is 13.0 Å². The predicted molar refractivity (Wildman–Crippen MR) is 57.0 cm³/mol. The second kappa shape index (κ2) is 5.03. The number of Topliss-reactive ketones (excluding diaryl/α,β-unsaturated/α-hetero) is 1. The first-order valence-corrected chi connectivity index (χ1v) is 5.24. The second-order valence-corrected chi connectivity index (χ2v) is 4.18. The van der Waals surface area contributed by atoms with Crippen LogP contribution in [0.3, 0.4) is 0 Å². The molecule has 1 rings (SSSR count). The zero-order valence-electron chi connectivity index (χ0n) is 10.0. The highest BCUT2D eigenvalue weighted by Gasteiger charge is 2.46. The van der Waals surface area contributed by atoms with Gasteiger partial charge in [0.1, 0.15) is 0 Å². The van der Waals surface area contributed by atoms with Crippen molar-refractivity contribution in [3.05, 3.63) is 0 Å². The van der Waals surface area contributed by atoms with Gasteiger partial charge in [0.25, 0.3) is 5.79 Å². The first-order chi connectivity index (χ1) is 8.23. The van der Waals surface area contributed by atoms with Crippen LogP contribution in [-0.4, -0.2) is 36.1 Å². The molecule has 0 spiro atoms. The number of ether oxygens (including phenoxy) is 2. The number of nitrogens with one attached hydrogen (secondary N) is 1. The number of ketones is 1. The van der Waals surface area contributed by atoms with Crippen LogP contribution in [0.2, 0.25) is 0 Å². The molecule has 0 atom stereocenters. The minimum Gasteiger partial charge on any atom is -0.422 e. The lowest BCUT2D eigenvalue weighted by atomic mass is 10.0. The van der Waals surface area contributed by atoms with Crippen molar-refractivity contribution in [2.75, 3.05) is 6.54 Å². The lowest BCUT2D eigenvalue weighted by Gasteiger charge is -2.32. The maximum absolute atomic E-state index is 11.6. The number of amides is 2. The Balaban J connectivity index is 2.60. The molecule has 0 saturated carbocycles. The number of nitrogens with two attached hydrogens (primary N) is 1. The molecule has 3 N–H and O–H groups in total. The largest absolute Gasteiger partial charge is 0.422 e. The third-order valence-corrected chi connectivity index (χ3v) is 2.16. The van der Waals surface area contributed by atoms with E-state index in [1.807, 2.05) is 0 Å². The average Bonchev–Trinajstić information content (AvgIpc) is 2.12. The summed E-state index contributed by atoms with van der Waals surface area (Å²) in [6, 6.07) is -0.794. The van der Waals surface area contributed by atoms with E-state index in [1.54, 1.807) is 0 Å². The van der Waals surface area contributed by atoms with Crippen LogP contribution in [0.1, 0.15) is 20.3 Å². The number of hydrogen-bond donors (Lipinski definition) is 2. The molecule has 1 aliphatic heterocycles. The fourth-order valence-corrected chi connectivity index (χ4v) is 1.44. The highest BCUT2D eigenvalue weighted by Crippen LogP contribution is 2.24. The number of primary amides is 1. The van der Waals surface area contributed by atoms with E-state index in [4.69, 9.17) is 15.2 Å². The number of esters is 2. The summed E-state index contributed by atoms with van der Waals surface area (Å²) in [5.41, 5.74) is 4.80. The number of carbonyl (C=O) groups excluding carboxylic acids is 4. The Morgan fingerprint density at radius 2 is 1.78 bits per heavy atom. The summed E-state index contributed by atoms with van der Waals surface area (Å²) in [5.74, 6) is -5.53. The maximum Gasteiger partial charge on any atom is 0.331 e. The quantitative estimate of drug-likeness (QED) is 0.495. The normalized spacial score (nSPS) is 18.8. The van der Waals surface area contributed by atoms with Crippen LogP contribution in [0.5, 0.6) is 0 Å². The Kier molecular flexibility index (Phi) is 3.89. The minimum atomic E-state index is -1.59. The maximum atomic E-state index is 11.6. The van der Waals surface area contributed by atoms with E-state index < -0.39 is 35.5 Å². The highest BCUT2D eigenvalue weighted by molar-refractivity contribution is 6.15. The Bertz CT molecular complexity index is 383. The van der Waals surface area contributed by atoms with Gasteiger partial charge in [-0.25, -0.2) is 4.79 Å². The molecule has 100 valence electrons. The Hall–Kier alpha value is -2.12. The molecule has 1 aliphatic rings. The van der Waals surface area contributed by atoms with Crippen LogP contribution in [0.25, 0.3) is 0 Å². The van der Waals surface area contributed by atoms with E-state index in [2.05, 4.69) is 5.32 Å². The van der Waals surface area contributed by atoms with Gasteiger partial charge in [-0.1, -0.05) is 0 Å². The van der Waals surface area contributed by atoms with Crippen LogP contribution in [0, 0.1) is 5.92 Å².